The number of rotatable bonds is 5. The molecule has 0 N–H and O–H groups in total. The van der Waals surface area contributed by atoms with Gasteiger partial charge in [-0.1, -0.05) is 26.0 Å². The van der Waals surface area contributed by atoms with Crippen LogP contribution in [0.4, 0.5) is 0 Å². The molecule has 0 radical (unpaired) electrons. The van der Waals surface area contributed by atoms with E-state index in [0.717, 1.165) is 23.7 Å². The van der Waals surface area contributed by atoms with Crippen molar-refractivity contribution >= 4 is 0 Å². The van der Waals surface area contributed by atoms with Gasteiger partial charge in [-0.3, -0.25) is 0 Å². The van der Waals surface area contributed by atoms with Crippen molar-refractivity contribution in [2.75, 3.05) is 6.61 Å². The molecule has 1 aromatic heterocycles. The van der Waals surface area contributed by atoms with Gasteiger partial charge in [-0.25, -0.2) is 4.68 Å². The van der Waals surface area contributed by atoms with Crippen molar-refractivity contribution < 1.29 is 4.74 Å². The third-order valence-electron chi connectivity index (χ3n) is 2.91. The molecule has 0 amide bonds. The minimum Gasteiger partial charge on any atom is -0.377 e. The summed E-state index contributed by atoms with van der Waals surface area (Å²) in [4.78, 5) is 0. The Balaban J connectivity index is 2.04. The molecule has 1 heterocycles. The van der Waals surface area contributed by atoms with Gasteiger partial charge >= 0.3 is 0 Å². The van der Waals surface area contributed by atoms with Gasteiger partial charge in [-0.15, -0.1) is 0 Å². The number of hydrogen-bond acceptors (Lipinski definition) is 2. The highest BCUT2D eigenvalue weighted by atomic mass is 16.5. The highest BCUT2D eigenvalue weighted by Crippen LogP contribution is 2.13. The average Bonchev–Trinajstić information content (AvgIpc) is 2.69. The van der Waals surface area contributed by atoms with Gasteiger partial charge in [-0.2, -0.15) is 5.10 Å². The Bertz CT molecular complexity index is 526. The Morgan fingerprint density at radius 2 is 1.84 bits per heavy atom. The first-order valence-corrected chi connectivity index (χ1v) is 6.76. The van der Waals surface area contributed by atoms with Gasteiger partial charge in [-0.05, 0) is 43.5 Å². The van der Waals surface area contributed by atoms with Gasteiger partial charge in [0.05, 0.1) is 18.0 Å². The summed E-state index contributed by atoms with van der Waals surface area (Å²) >= 11 is 0. The van der Waals surface area contributed by atoms with Crippen molar-refractivity contribution in [3.8, 4) is 5.69 Å². The molecule has 0 aliphatic heterocycles. The fourth-order valence-corrected chi connectivity index (χ4v) is 2.04. The maximum absolute atomic E-state index is 5.63. The zero-order valence-corrected chi connectivity index (χ0v) is 12.2. The molecular weight excluding hydrogens is 236 g/mol. The lowest BCUT2D eigenvalue weighted by atomic mass is 10.2. The number of aromatic nitrogens is 2. The summed E-state index contributed by atoms with van der Waals surface area (Å²) in [5.41, 5.74) is 4.49. The predicted octanol–water partition coefficient (Wildman–Crippen LogP) is 3.66. The fourth-order valence-electron chi connectivity index (χ4n) is 2.04. The van der Waals surface area contributed by atoms with Crippen LogP contribution in [0.2, 0.25) is 0 Å². The van der Waals surface area contributed by atoms with Gasteiger partial charge in [0.2, 0.25) is 0 Å². The van der Waals surface area contributed by atoms with Crippen LogP contribution in [-0.4, -0.2) is 16.4 Å². The summed E-state index contributed by atoms with van der Waals surface area (Å²) in [5.74, 6) is 0.578. The van der Waals surface area contributed by atoms with Crippen LogP contribution in [-0.2, 0) is 11.3 Å². The Morgan fingerprint density at radius 1 is 1.16 bits per heavy atom. The summed E-state index contributed by atoms with van der Waals surface area (Å²) in [7, 11) is 0. The van der Waals surface area contributed by atoms with Crippen LogP contribution in [0.1, 0.15) is 30.8 Å². The van der Waals surface area contributed by atoms with Crippen molar-refractivity contribution in [2.24, 2.45) is 5.92 Å². The average molecular weight is 258 g/mol. The van der Waals surface area contributed by atoms with E-state index in [2.05, 4.69) is 56.2 Å². The van der Waals surface area contributed by atoms with Gasteiger partial charge < -0.3 is 4.74 Å². The maximum atomic E-state index is 5.63. The lowest BCUT2D eigenvalue weighted by Gasteiger charge is -2.08. The van der Waals surface area contributed by atoms with Gasteiger partial charge in [0.1, 0.15) is 0 Å². The topological polar surface area (TPSA) is 27.1 Å². The molecule has 102 valence electrons. The zero-order chi connectivity index (χ0) is 13.8. The van der Waals surface area contributed by atoms with E-state index in [1.54, 1.807) is 0 Å². The number of benzene rings is 1. The molecule has 3 heteroatoms. The number of hydrogen-bond donors (Lipinski definition) is 0. The molecule has 0 spiro atoms. The van der Waals surface area contributed by atoms with Gasteiger partial charge in [0.25, 0.3) is 0 Å². The van der Waals surface area contributed by atoms with E-state index < -0.39 is 0 Å². The number of ether oxygens (including phenoxy) is 1. The molecule has 1 aromatic carbocycles. The first kappa shape index (κ1) is 13.8. The van der Waals surface area contributed by atoms with E-state index in [-0.39, 0.29) is 0 Å². The van der Waals surface area contributed by atoms with Gasteiger partial charge in [0.15, 0.2) is 0 Å². The van der Waals surface area contributed by atoms with E-state index in [1.165, 1.54) is 5.56 Å². The van der Waals surface area contributed by atoms with E-state index in [4.69, 9.17) is 4.74 Å². The molecule has 0 bridgehead atoms. The number of nitrogens with zero attached hydrogens (tertiary/aromatic N) is 2. The standard InChI is InChI=1S/C16H22N2O/c1-12(2)10-19-11-15-5-7-16(8-6-15)18-14(4)9-13(3)17-18/h5-9,12H,10-11H2,1-4H3. The van der Waals surface area contributed by atoms with E-state index in [0.29, 0.717) is 12.5 Å². The molecule has 0 fully saturated rings. The summed E-state index contributed by atoms with van der Waals surface area (Å²) in [6.45, 7) is 9.88. The molecule has 0 aliphatic rings. The minimum atomic E-state index is 0.578. The quantitative estimate of drug-likeness (QED) is 0.818. The second-order valence-corrected chi connectivity index (χ2v) is 5.41. The SMILES string of the molecule is Cc1cc(C)n(-c2ccc(COCC(C)C)cc2)n1. The fraction of sp³-hybridized carbons (Fsp3) is 0.438. The molecule has 0 saturated carbocycles. The lowest BCUT2D eigenvalue weighted by Crippen LogP contribution is -2.02. The monoisotopic (exact) mass is 258 g/mol. The molecule has 2 aromatic rings. The first-order valence-electron chi connectivity index (χ1n) is 6.76. The minimum absolute atomic E-state index is 0.578. The van der Waals surface area contributed by atoms with Gasteiger partial charge in [0, 0.05) is 12.3 Å². The van der Waals surface area contributed by atoms with Crippen LogP contribution in [0.5, 0.6) is 0 Å². The van der Waals surface area contributed by atoms with Crippen molar-refractivity contribution in [3.63, 3.8) is 0 Å². The van der Waals surface area contributed by atoms with Crippen LogP contribution in [0.15, 0.2) is 30.3 Å². The highest BCUT2D eigenvalue weighted by Gasteiger charge is 2.03. The summed E-state index contributed by atoms with van der Waals surface area (Å²) in [6.07, 6.45) is 0. The maximum Gasteiger partial charge on any atom is 0.0717 e. The van der Waals surface area contributed by atoms with Crippen LogP contribution in [0.3, 0.4) is 0 Å². The molecular formula is C16H22N2O. The Morgan fingerprint density at radius 3 is 2.37 bits per heavy atom. The predicted molar refractivity (Wildman–Crippen MR) is 77.5 cm³/mol. The second kappa shape index (κ2) is 6.02. The molecule has 0 atom stereocenters. The number of aryl methyl sites for hydroxylation is 2. The third-order valence-corrected chi connectivity index (χ3v) is 2.91. The van der Waals surface area contributed by atoms with Crippen LogP contribution >= 0.6 is 0 Å². The molecule has 3 nitrogen and oxygen atoms in total. The summed E-state index contributed by atoms with van der Waals surface area (Å²) in [5, 5.41) is 4.48. The second-order valence-electron chi connectivity index (χ2n) is 5.41. The van der Waals surface area contributed by atoms with Crippen molar-refractivity contribution in [3.05, 3.63) is 47.3 Å². The largest absolute Gasteiger partial charge is 0.377 e. The Labute approximate surface area is 115 Å². The smallest absolute Gasteiger partial charge is 0.0717 e. The normalized spacial score (nSPS) is 11.2. The molecule has 0 aliphatic carbocycles. The zero-order valence-electron chi connectivity index (χ0n) is 12.2. The summed E-state index contributed by atoms with van der Waals surface area (Å²) < 4.78 is 7.60. The lowest BCUT2D eigenvalue weighted by molar-refractivity contribution is 0.0971. The van der Waals surface area contributed by atoms with Crippen molar-refractivity contribution in [1.29, 1.82) is 0 Å². The third kappa shape index (κ3) is 3.67. The van der Waals surface area contributed by atoms with Crippen LogP contribution in [0.25, 0.3) is 5.69 Å². The van der Waals surface area contributed by atoms with E-state index in [9.17, 15) is 0 Å². The summed E-state index contributed by atoms with van der Waals surface area (Å²) in [6, 6.07) is 10.5. The Hall–Kier alpha value is -1.61. The van der Waals surface area contributed by atoms with Crippen LogP contribution in [0, 0.1) is 19.8 Å². The molecule has 2 rings (SSSR count). The molecule has 0 saturated heterocycles. The van der Waals surface area contributed by atoms with Crippen molar-refractivity contribution in [2.45, 2.75) is 34.3 Å². The molecule has 19 heavy (non-hydrogen) atoms. The molecule has 0 unspecified atom stereocenters. The van der Waals surface area contributed by atoms with Crippen LogP contribution < -0.4 is 0 Å². The first-order chi connectivity index (χ1) is 9.06. The Kier molecular flexibility index (Phi) is 4.38. The van der Waals surface area contributed by atoms with E-state index in [1.807, 2.05) is 11.6 Å². The van der Waals surface area contributed by atoms with Crippen molar-refractivity contribution in [1.82, 2.24) is 9.78 Å². The highest BCUT2D eigenvalue weighted by molar-refractivity contribution is 5.35. The van der Waals surface area contributed by atoms with E-state index >= 15 is 0 Å².